The third kappa shape index (κ3) is 3.46. The van der Waals surface area contributed by atoms with E-state index in [1.54, 1.807) is 13.1 Å². The van der Waals surface area contributed by atoms with Crippen LogP contribution >= 0.6 is 0 Å². The molecule has 1 fully saturated rings. The summed E-state index contributed by atoms with van der Waals surface area (Å²) in [5, 5.41) is 0. The Bertz CT molecular complexity index is 903. The molecule has 0 spiro atoms. The molecule has 3 nitrogen and oxygen atoms in total. The number of carbonyl (C=O) groups is 2. The molecule has 132 valence electrons. The summed E-state index contributed by atoms with van der Waals surface area (Å²) < 4.78 is 0. The number of carbonyl (C=O) groups excluding carboxylic acids is 2. The van der Waals surface area contributed by atoms with Crippen molar-refractivity contribution in [1.82, 2.24) is 4.98 Å². The molecule has 1 aliphatic rings. The zero-order chi connectivity index (χ0) is 18.7. The Morgan fingerprint density at radius 1 is 1.23 bits per heavy atom. The number of ketones is 2. The fourth-order valence-electron chi connectivity index (χ4n) is 3.90. The van der Waals surface area contributed by atoms with Gasteiger partial charge < -0.3 is 0 Å². The standard InChI is InChI=1S/C23H23NO2/c1-4-8-16-11-15(3)21(17(5-2)12-16)22-20(25)14-18(23(22)26)13-19-9-6-7-10-24-19/h6-7,9-12,18,22H,5,13-14H2,1-3H3. The smallest absolute Gasteiger partial charge is 0.151 e. The van der Waals surface area contributed by atoms with Crippen LogP contribution in [0.15, 0.2) is 36.5 Å². The highest BCUT2D eigenvalue weighted by atomic mass is 16.2. The number of aryl methyl sites for hydroxylation is 2. The minimum Gasteiger partial charge on any atom is -0.298 e. The molecule has 1 heterocycles. The van der Waals surface area contributed by atoms with E-state index in [1.165, 1.54) is 0 Å². The number of hydrogen-bond acceptors (Lipinski definition) is 3. The van der Waals surface area contributed by atoms with Crippen LogP contribution in [0.2, 0.25) is 0 Å². The van der Waals surface area contributed by atoms with Gasteiger partial charge in [-0.1, -0.05) is 18.9 Å². The van der Waals surface area contributed by atoms with Gasteiger partial charge in [-0.05, 0) is 67.6 Å². The Morgan fingerprint density at radius 3 is 2.69 bits per heavy atom. The summed E-state index contributed by atoms with van der Waals surface area (Å²) in [6, 6.07) is 9.68. The Balaban J connectivity index is 1.95. The minimum absolute atomic E-state index is 0.0306. The zero-order valence-electron chi connectivity index (χ0n) is 15.5. The van der Waals surface area contributed by atoms with E-state index in [0.29, 0.717) is 12.8 Å². The SMILES string of the molecule is CC#Cc1cc(C)c(C2C(=O)CC(Cc3ccccn3)C2=O)c(CC)c1. The highest BCUT2D eigenvalue weighted by Gasteiger charge is 2.43. The molecule has 1 aromatic heterocycles. The molecule has 0 N–H and O–H groups in total. The summed E-state index contributed by atoms with van der Waals surface area (Å²) in [4.78, 5) is 30.1. The Labute approximate surface area is 154 Å². The normalized spacial score (nSPS) is 19.3. The molecule has 0 amide bonds. The molecule has 0 aliphatic heterocycles. The van der Waals surface area contributed by atoms with Crippen molar-refractivity contribution in [3.05, 3.63) is 64.5 Å². The van der Waals surface area contributed by atoms with E-state index in [2.05, 4.69) is 23.7 Å². The molecular weight excluding hydrogens is 322 g/mol. The Hall–Kier alpha value is -2.73. The van der Waals surface area contributed by atoms with Gasteiger partial charge in [0.25, 0.3) is 0 Å². The van der Waals surface area contributed by atoms with Gasteiger partial charge in [-0.15, -0.1) is 5.92 Å². The van der Waals surface area contributed by atoms with E-state index in [-0.39, 0.29) is 17.5 Å². The second-order valence-electron chi connectivity index (χ2n) is 6.82. The van der Waals surface area contributed by atoms with Gasteiger partial charge in [0.1, 0.15) is 11.7 Å². The Morgan fingerprint density at radius 2 is 2.04 bits per heavy atom. The maximum absolute atomic E-state index is 13.1. The minimum atomic E-state index is -0.637. The molecular formula is C23H23NO2. The maximum Gasteiger partial charge on any atom is 0.151 e. The van der Waals surface area contributed by atoms with Crippen LogP contribution in [0.3, 0.4) is 0 Å². The first-order valence-electron chi connectivity index (χ1n) is 9.07. The quantitative estimate of drug-likeness (QED) is 0.625. The third-order valence-electron chi connectivity index (χ3n) is 5.05. The first-order chi connectivity index (χ1) is 12.5. The lowest BCUT2D eigenvalue weighted by molar-refractivity contribution is -0.124. The molecule has 3 rings (SSSR count). The first-order valence-corrected chi connectivity index (χ1v) is 9.07. The second kappa shape index (κ2) is 7.66. The summed E-state index contributed by atoms with van der Waals surface area (Å²) >= 11 is 0. The van der Waals surface area contributed by atoms with Crippen molar-refractivity contribution in [2.75, 3.05) is 0 Å². The first kappa shape index (κ1) is 18.1. The number of aromatic nitrogens is 1. The molecule has 0 saturated heterocycles. The van der Waals surface area contributed by atoms with Crippen LogP contribution in [0, 0.1) is 24.7 Å². The lowest BCUT2D eigenvalue weighted by atomic mass is 9.84. The highest BCUT2D eigenvalue weighted by Crippen LogP contribution is 2.37. The van der Waals surface area contributed by atoms with Crippen LogP contribution in [-0.4, -0.2) is 16.6 Å². The third-order valence-corrected chi connectivity index (χ3v) is 5.05. The van der Waals surface area contributed by atoms with Crippen molar-refractivity contribution < 1.29 is 9.59 Å². The number of pyridine rings is 1. The molecule has 1 saturated carbocycles. The van der Waals surface area contributed by atoms with Gasteiger partial charge in [0.05, 0.1) is 0 Å². The zero-order valence-corrected chi connectivity index (χ0v) is 15.5. The van der Waals surface area contributed by atoms with E-state index in [0.717, 1.165) is 34.4 Å². The highest BCUT2D eigenvalue weighted by molar-refractivity contribution is 6.15. The fourth-order valence-corrected chi connectivity index (χ4v) is 3.90. The Kier molecular flexibility index (Phi) is 5.32. The van der Waals surface area contributed by atoms with E-state index < -0.39 is 5.92 Å². The topological polar surface area (TPSA) is 47.0 Å². The van der Waals surface area contributed by atoms with E-state index in [9.17, 15) is 9.59 Å². The van der Waals surface area contributed by atoms with Crippen LogP contribution in [0.1, 0.15) is 54.1 Å². The molecule has 1 aromatic carbocycles. The van der Waals surface area contributed by atoms with Crippen LogP contribution in [0.25, 0.3) is 0 Å². The van der Waals surface area contributed by atoms with E-state index in [4.69, 9.17) is 0 Å². The van der Waals surface area contributed by atoms with Gasteiger partial charge in [0.15, 0.2) is 5.78 Å². The fraction of sp³-hybridized carbons (Fsp3) is 0.348. The van der Waals surface area contributed by atoms with Gasteiger partial charge >= 0.3 is 0 Å². The number of Topliss-reactive ketones (excluding diaryl/α,β-unsaturated/α-hetero) is 2. The van der Waals surface area contributed by atoms with Gasteiger partial charge in [0.2, 0.25) is 0 Å². The van der Waals surface area contributed by atoms with Gasteiger partial charge in [-0.25, -0.2) is 0 Å². The van der Waals surface area contributed by atoms with Crippen molar-refractivity contribution in [3.8, 4) is 11.8 Å². The molecule has 2 unspecified atom stereocenters. The molecule has 0 radical (unpaired) electrons. The number of benzene rings is 1. The average Bonchev–Trinajstić information content (AvgIpc) is 2.89. The summed E-state index contributed by atoms with van der Waals surface area (Å²) in [5.41, 5.74) is 4.72. The van der Waals surface area contributed by atoms with Crippen molar-refractivity contribution in [1.29, 1.82) is 0 Å². The number of rotatable bonds is 4. The van der Waals surface area contributed by atoms with Crippen molar-refractivity contribution in [2.24, 2.45) is 5.92 Å². The lowest BCUT2D eigenvalue weighted by Gasteiger charge is -2.17. The van der Waals surface area contributed by atoms with Crippen LogP contribution in [0.5, 0.6) is 0 Å². The van der Waals surface area contributed by atoms with E-state index >= 15 is 0 Å². The molecule has 2 atom stereocenters. The summed E-state index contributed by atoms with van der Waals surface area (Å²) in [6.45, 7) is 5.83. The lowest BCUT2D eigenvalue weighted by Crippen LogP contribution is -2.19. The largest absolute Gasteiger partial charge is 0.298 e. The van der Waals surface area contributed by atoms with Crippen molar-refractivity contribution >= 4 is 11.6 Å². The van der Waals surface area contributed by atoms with Crippen LogP contribution in [-0.2, 0) is 22.4 Å². The van der Waals surface area contributed by atoms with Gasteiger partial charge in [0, 0.05) is 29.8 Å². The molecule has 0 bridgehead atoms. The average molecular weight is 345 g/mol. The van der Waals surface area contributed by atoms with E-state index in [1.807, 2.05) is 37.3 Å². The van der Waals surface area contributed by atoms with Gasteiger partial charge in [-0.3, -0.25) is 14.6 Å². The van der Waals surface area contributed by atoms with Crippen molar-refractivity contribution in [2.45, 2.75) is 46.0 Å². The molecule has 2 aromatic rings. The number of hydrogen-bond donors (Lipinski definition) is 0. The predicted molar refractivity (Wildman–Crippen MR) is 102 cm³/mol. The predicted octanol–water partition coefficient (Wildman–Crippen LogP) is 3.81. The summed E-state index contributed by atoms with van der Waals surface area (Å²) in [5.74, 6) is 5.14. The monoisotopic (exact) mass is 345 g/mol. The maximum atomic E-state index is 13.1. The number of nitrogens with zero attached hydrogens (tertiary/aromatic N) is 1. The van der Waals surface area contributed by atoms with Crippen LogP contribution < -0.4 is 0 Å². The molecule has 1 aliphatic carbocycles. The van der Waals surface area contributed by atoms with Crippen LogP contribution in [0.4, 0.5) is 0 Å². The van der Waals surface area contributed by atoms with Crippen molar-refractivity contribution in [3.63, 3.8) is 0 Å². The second-order valence-corrected chi connectivity index (χ2v) is 6.82. The molecule has 26 heavy (non-hydrogen) atoms. The summed E-state index contributed by atoms with van der Waals surface area (Å²) in [6.07, 6.45) is 3.33. The summed E-state index contributed by atoms with van der Waals surface area (Å²) in [7, 11) is 0. The molecule has 3 heteroatoms. The van der Waals surface area contributed by atoms with Gasteiger partial charge in [-0.2, -0.15) is 0 Å².